The van der Waals surface area contributed by atoms with Crippen LogP contribution in [0.15, 0.2) is 87.5 Å². The van der Waals surface area contributed by atoms with E-state index in [9.17, 15) is 4.79 Å². The zero-order valence-corrected chi connectivity index (χ0v) is 21.8. The molecule has 35 heavy (non-hydrogen) atoms. The number of ether oxygens (including phenoxy) is 1. The summed E-state index contributed by atoms with van der Waals surface area (Å²) >= 11 is 10.8. The lowest BCUT2D eigenvalue weighted by Gasteiger charge is -2.09. The van der Waals surface area contributed by atoms with Crippen molar-refractivity contribution in [2.24, 2.45) is 12.1 Å². The topological polar surface area (TPSA) is 81.4 Å². The number of amides is 1. The molecule has 0 fully saturated rings. The fourth-order valence-electron chi connectivity index (χ4n) is 3.16. The van der Waals surface area contributed by atoms with E-state index < -0.39 is 0 Å². The molecule has 0 aliphatic carbocycles. The Bertz CT molecular complexity index is 1360. The third-order valence-electron chi connectivity index (χ3n) is 4.85. The average Bonchev–Trinajstić information content (AvgIpc) is 3.22. The molecule has 4 rings (SSSR count). The number of nitrogens with one attached hydrogen (secondary N) is 1. The van der Waals surface area contributed by atoms with Gasteiger partial charge in [0, 0.05) is 27.7 Å². The fraction of sp³-hybridized carbons (Fsp3) is 0.120. The standard InChI is InChI=1S/C25H21BrClN5O2S/c1-32-24(18-8-5-10-21(27)13-18)30-31-25(32)35-16-23(33)29-28-14-19-7-2-3-11-22(19)34-15-17-6-4-9-20(26)12-17/h2-14H,15-16H2,1H3,(H,29,33)/b28-14-. The van der Waals surface area contributed by atoms with Gasteiger partial charge in [-0.15, -0.1) is 10.2 Å². The highest BCUT2D eigenvalue weighted by Crippen LogP contribution is 2.24. The van der Waals surface area contributed by atoms with Crippen LogP contribution in [-0.2, 0) is 18.4 Å². The molecule has 0 saturated heterocycles. The molecular formula is C25H21BrClN5O2S. The second-order valence-corrected chi connectivity index (χ2v) is 9.71. The molecule has 178 valence electrons. The largest absolute Gasteiger partial charge is 0.488 e. The Labute approximate surface area is 220 Å². The van der Waals surface area contributed by atoms with Gasteiger partial charge in [0.2, 0.25) is 0 Å². The summed E-state index contributed by atoms with van der Waals surface area (Å²) in [5, 5.41) is 13.7. The van der Waals surface area contributed by atoms with Gasteiger partial charge in [-0.2, -0.15) is 5.10 Å². The summed E-state index contributed by atoms with van der Waals surface area (Å²) in [5.74, 6) is 1.23. The van der Waals surface area contributed by atoms with Crippen LogP contribution in [0.1, 0.15) is 11.1 Å². The van der Waals surface area contributed by atoms with Gasteiger partial charge in [-0.05, 0) is 42.0 Å². The Morgan fingerprint density at radius 2 is 1.97 bits per heavy atom. The highest BCUT2D eigenvalue weighted by Gasteiger charge is 2.13. The fourth-order valence-corrected chi connectivity index (χ4v) is 4.50. The van der Waals surface area contributed by atoms with Crippen LogP contribution in [0.3, 0.4) is 0 Å². The Morgan fingerprint density at radius 3 is 2.80 bits per heavy atom. The zero-order valence-electron chi connectivity index (χ0n) is 18.7. The van der Waals surface area contributed by atoms with Crippen molar-refractivity contribution >= 4 is 51.4 Å². The predicted octanol–water partition coefficient (Wildman–Crippen LogP) is 5.72. The lowest BCUT2D eigenvalue weighted by atomic mass is 10.2. The summed E-state index contributed by atoms with van der Waals surface area (Å²) in [6.45, 7) is 0.419. The number of carbonyl (C=O) groups is 1. The third-order valence-corrected chi connectivity index (χ3v) is 6.59. The summed E-state index contributed by atoms with van der Waals surface area (Å²) in [7, 11) is 1.85. The van der Waals surface area contributed by atoms with Crippen molar-refractivity contribution in [1.82, 2.24) is 20.2 Å². The minimum Gasteiger partial charge on any atom is -0.488 e. The van der Waals surface area contributed by atoms with Crippen LogP contribution < -0.4 is 10.2 Å². The number of rotatable bonds is 9. The van der Waals surface area contributed by atoms with Gasteiger partial charge in [0.15, 0.2) is 11.0 Å². The predicted molar refractivity (Wildman–Crippen MR) is 143 cm³/mol. The number of benzene rings is 3. The summed E-state index contributed by atoms with van der Waals surface area (Å²) in [5.41, 5.74) is 5.20. The molecule has 7 nitrogen and oxygen atoms in total. The van der Waals surface area contributed by atoms with Gasteiger partial charge in [-0.1, -0.05) is 75.7 Å². The molecule has 1 aromatic heterocycles. The van der Waals surface area contributed by atoms with Crippen molar-refractivity contribution in [2.75, 3.05) is 5.75 Å². The smallest absolute Gasteiger partial charge is 0.250 e. The van der Waals surface area contributed by atoms with Gasteiger partial charge in [-0.25, -0.2) is 5.43 Å². The molecule has 0 atom stereocenters. The van der Waals surface area contributed by atoms with Crippen molar-refractivity contribution in [3.63, 3.8) is 0 Å². The highest BCUT2D eigenvalue weighted by atomic mass is 79.9. The summed E-state index contributed by atoms with van der Waals surface area (Å²) in [6, 6.07) is 22.8. The first kappa shape index (κ1) is 25.0. The van der Waals surface area contributed by atoms with Crippen molar-refractivity contribution in [3.05, 3.63) is 93.4 Å². The first-order valence-electron chi connectivity index (χ1n) is 10.6. The number of nitrogens with zero attached hydrogens (tertiary/aromatic N) is 4. The number of carbonyl (C=O) groups excluding carboxylic acids is 1. The van der Waals surface area contributed by atoms with E-state index in [0.29, 0.717) is 28.4 Å². The Hall–Kier alpha value is -3.14. The molecule has 1 amide bonds. The van der Waals surface area contributed by atoms with E-state index in [1.54, 1.807) is 12.3 Å². The van der Waals surface area contributed by atoms with Crippen LogP contribution in [-0.4, -0.2) is 32.6 Å². The van der Waals surface area contributed by atoms with E-state index in [-0.39, 0.29) is 11.7 Å². The molecule has 1 heterocycles. The molecule has 0 aliphatic heterocycles. The van der Waals surface area contributed by atoms with E-state index in [0.717, 1.165) is 21.2 Å². The highest BCUT2D eigenvalue weighted by molar-refractivity contribution is 9.10. The number of hydrogen-bond donors (Lipinski definition) is 1. The molecule has 0 unspecified atom stereocenters. The number of aromatic nitrogens is 3. The van der Waals surface area contributed by atoms with Gasteiger partial charge in [0.25, 0.3) is 5.91 Å². The normalized spacial score (nSPS) is 11.1. The summed E-state index contributed by atoms with van der Waals surface area (Å²) in [6.07, 6.45) is 1.57. The minimum atomic E-state index is -0.258. The first-order valence-corrected chi connectivity index (χ1v) is 12.7. The van der Waals surface area contributed by atoms with Crippen LogP contribution in [0.25, 0.3) is 11.4 Å². The number of para-hydroxylation sites is 1. The van der Waals surface area contributed by atoms with E-state index >= 15 is 0 Å². The van der Waals surface area contributed by atoms with Crippen molar-refractivity contribution in [3.8, 4) is 17.1 Å². The quantitative estimate of drug-likeness (QED) is 0.158. The number of hydrogen-bond acceptors (Lipinski definition) is 6. The maximum Gasteiger partial charge on any atom is 0.250 e. The molecule has 1 N–H and O–H groups in total. The van der Waals surface area contributed by atoms with E-state index in [1.165, 1.54) is 11.8 Å². The second kappa shape index (κ2) is 12.0. The molecule has 0 saturated carbocycles. The van der Waals surface area contributed by atoms with Crippen LogP contribution in [0.4, 0.5) is 0 Å². The van der Waals surface area contributed by atoms with Gasteiger partial charge >= 0.3 is 0 Å². The van der Waals surface area contributed by atoms with Crippen molar-refractivity contribution < 1.29 is 9.53 Å². The molecule has 10 heteroatoms. The Morgan fingerprint density at radius 1 is 1.14 bits per heavy atom. The maximum absolute atomic E-state index is 12.3. The zero-order chi connectivity index (χ0) is 24.6. The number of hydrazone groups is 1. The van der Waals surface area contributed by atoms with Crippen LogP contribution in [0.2, 0.25) is 5.02 Å². The lowest BCUT2D eigenvalue weighted by molar-refractivity contribution is -0.118. The third kappa shape index (κ3) is 6.94. The molecule has 0 radical (unpaired) electrons. The van der Waals surface area contributed by atoms with Crippen molar-refractivity contribution in [2.45, 2.75) is 11.8 Å². The first-order chi connectivity index (χ1) is 17.0. The molecule has 0 bridgehead atoms. The SMILES string of the molecule is Cn1c(SCC(=O)N/N=C\c2ccccc2OCc2cccc(Br)c2)nnc1-c1cccc(Cl)c1. The number of thioether (sulfide) groups is 1. The average molecular weight is 571 g/mol. The Balaban J connectivity index is 1.31. The molecule has 3 aromatic carbocycles. The van der Waals surface area contributed by atoms with Gasteiger partial charge in [-0.3, -0.25) is 4.79 Å². The van der Waals surface area contributed by atoms with Crippen LogP contribution >= 0.6 is 39.3 Å². The van der Waals surface area contributed by atoms with Gasteiger partial charge in [0.05, 0.1) is 12.0 Å². The summed E-state index contributed by atoms with van der Waals surface area (Å²) < 4.78 is 8.77. The minimum absolute atomic E-state index is 0.139. The number of halogens is 2. The molecule has 4 aromatic rings. The van der Waals surface area contributed by atoms with Crippen molar-refractivity contribution in [1.29, 1.82) is 0 Å². The summed E-state index contributed by atoms with van der Waals surface area (Å²) in [4.78, 5) is 12.3. The van der Waals surface area contributed by atoms with Crippen LogP contribution in [0, 0.1) is 0 Å². The monoisotopic (exact) mass is 569 g/mol. The molecule has 0 aliphatic rings. The molecular weight excluding hydrogens is 550 g/mol. The maximum atomic E-state index is 12.3. The lowest BCUT2D eigenvalue weighted by Crippen LogP contribution is -2.20. The van der Waals surface area contributed by atoms with Crippen LogP contribution in [0.5, 0.6) is 5.75 Å². The molecule has 0 spiro atoms. The van der Waals surface area contributed by atoms with E-state index in [4.69, 9.17) is 16.3 Å². The van der Waals surface area contributed by atoms with Gasteiger partial charge < -0.3 is 9.30 Å². The second-order valence-electron chi connectivity index (χ2n) is 7.41. The Kier molecular flexibility index (Phi) is 8.57. The van der Waals surface area contributed by atoms with E-state index in [1.807, 2.05) is 78.3 Å². The van der Waals surface area contributed by atoms with Gasteiger partial charge in [0.1, 0.15) is 12.4 Å². The van der Waals surface area contributed by atoms with E-state index in [2.05, 4.69) is 36.7 Å².